The minimum atomic E-state index is 0.0334. The average molecular weight is 291 g/mol. The monoisotopic (exact) mass is 291 g/mol. The Bertz CT molecular complexity index is 470. The van der Waals surface area contributed by atoms with E-state index in [2.05, 4.69) is 38.7 Å². The van der Waals surface area contributed by atoms with Crippen molar-refractivity contribution in [1.82, 2.24) is 4.90 Å². The molecular formula is C18H29NO2. The second-order valence-corrected chi connectivity index (χ2v) is 7.35. The fourth-order valence-electron chi connectivity index (χ4n) is 3.02. The molecule has 1 aliphatic heterocycles. The van der Waals surface area contributed by atoms with Crippen molar-refractivity contribution < 1.29 is 9.21 Å². The van der Waals surface area contributed by atoms with Crippen molar-refractivity contribution in [2.24, 2.45) is 5.41 Å². The summed E-state index contributed by atoms with van der Waals surface area (Å²) in [5.41, 5.74) is 0.0334. The average Bonchev–Trinajstić information content (AvgIpc) is 2.73. The van der Waals surface area contributed by atoms with Gasteiger partial charge in [-0.2, -0.15) is 0 Å². The molecule has 3 nitrogen and oxygen atoms in total. The van der Waals surface area contributed by atoms with Gasteiger partial charge < -0.3 is 9.32 Å². The second kappa shape index (κ2) is 6.67. The highest BCUT2D eigenvalue weighted by Crippen LogP contribution is 2.33. The zero-order chi connectivity index (χ0) is 15.5. The topological polar surface area (TPSA) is 33.5 Å². The van der Waals surface area contributed by atoms with Crippen LogP contribution in [0.15, 0.2) is 16.5 Å². The van der Waals surface area contributed by atoms with E-state index in [1.54, 1.807) is 0 Å². The minimum Gasteiger partial charge on any atom is -0.464 e. The van der Waals surface area contributed by atoms with Crippen molar-refractivity contribution in [2.75, 3.05) is 6.54 Å². The second-order valence-electron chi connectivity index (χ2n) is 7.35. The summed E-state index contributed by atoms with van der Waals surface area (Å²) in [6, 6.07) is 4.24. The van der Waals surface area contributed by atoms with E-state index in [0.717, 1.165) is 37.3 Å². The van der Waals surface area contributed by atoms with Gasteiger partial charge >= 0.3 is 0 Å². The van der Waals surface area contributed by atoms with Gasteiger partial charge in [-0.05, 0) is 30.4 Å². The molecule has 2 rings (SSSR count). The number of carbonyl (C=O) groups is 1. The number of hydrogen-bond donors (Lipinski definition) is 0. The largest absolute Gasteiger partial charge is 0.464 e. The molecule has 118 valence electrons. The van der Waals surface area contributed by atoms with Gasteiger partial charge in [-0.25, -0.2) is 0 Å². The van der Waals surface area contributed by atoms with Gasteiger partial charge in [-0.1, -0.05) is 40.5 Å². The number of amides is 1. The van der Waals surface area contributed by atoms with E-state index in [-0.39, 0.29) is 17.4 Å². The molecule has 1 aliphatic rings. The van der Waals surface area contributed by atoms with Crippen LogP contribution in [0, 0.1) is 5.41 Å². The summed E-state index contributed by atoms with van der Waals surface area (Å²) < 4.78 is 5.94. The molecule has 2 heterocycles. The lowest BCUT2D eigenvalue weighted by atomic mass is 9.91. The molecule has 21 heavy (non-hydrogen) atoms. The van der Waals surface area contributed by atoms with E-state index in [9.17, 15) is 4.79 Å². The zero-order valence-electron chi connectivity index (χ0n) is 13.9. The third-order valence-corrected chi connectivity index (χ3v) is 4.11. The summed E-state index contributed by atoms with van der Waals surface area (Å²) in [5.74, 6) is 2.25. The fraction of sp³-hybridized carbons (Fsp3) is 0.722. The molecular weight excluding hydrogens is 262 g/mol. The van der Waals surface area contributed by atoms with Crippen LogP contribution in [-0.2, 0) is 11.2 Å². The van der Waals surface area contributed by atoms with Crippen LogP contribution < -0.4 is 0 Å². The van der Waals surface area contributed by atoms with E-state index >= 15 is 0 Å². The first-order valence-electron chi connectivity index (χ1n) is 8.29. The maximum Gasteiger partial charge on any atom is 0.223 e. The molecule has 1 atom stereocenters. The first kappa shape index (κ1) is 16.1. The quantitative estimate of drug-likeness (QED) is 0.807. The van der Waals surface area contributed by atoms with Gasteiger partial charge in [0.2, 0.25) is 5.91 Å². The lowest BCUT2D eigenvalue weighted by molar-refractivity contribution is -0.136. The Morgan fingerprint density at radius 2 is 2.05 bits per heavy atom. The van der Waals surface area contributed by atoms with Gasteiger partial charge in [-0.3, -0.25) is 4.79 Å². The van der Waals surface area contributed by atoms with E-state index < -0.39 is 0 Å². The summed E-state index contributed by atoms with van der Waals surface area (Å²) in [6.07, 6.45) is 6.01. The molecule has 3 heteroatoms. The van der Waals surface area contributed by atoms with Crippen molar-refractivity contribution in [1.29, 1.82) is 0 Å². The molecule has 1 aromatic heterocycles. The standard InChI is InChI=1S/C18H29NO2/c1-5-14-10-11-16(21-14)15-9-7-6-8-12-19(15)17(20)13-18(2,3)4/h10-11,15H,5-9,12-13H2,1-4H3. The van der Waals surface area contributed by atoms with Crippen LogP contribution in [-0.4, -0.2) is 17.4 Å². The molecule has 0 aromatic carbocycles. The van der Waals surface area contributed by atoms with Crippen LogP contribution >= 0.6 is 0 Å². The number of furan rings is 1. The van der Waals surface area contributed by atoms with Crippen molar-refractivity contribution >= 4 is 5.91 Å². The van der Waals surface area contributed by atoms with Crippen LogP contribution in [0.25, 0.3) is 0 Å². The Balaban J connectivity index is 2.19. The van der Waals surface area contributed by atoms with Gasteiger partial charge in [-0.15, -0.1) is 0 Å². The fourth-order valence-corrected chi connectivity index (χ4v) is 3.02. The third kappa shape index (κ3) is 4.36. The SMILES string of the molecule is CCc1ccc(C2CCCCCN2C(=O)CC(C)(C)C)o1. The van der Waals surface area contributed by atoms with E-state index in [1.165, 1.54) is 12.8 Å². The Hall–Kier alpha value is -1.25. The molecule has 1 aromatic rings. The van der Waals surface area contributed by atoms with Crippen LogP contribution in [0.2, 0.25) is 0 Å². The molecule has 1 unspecified atom stereocenters. The predicted molar refractivity (Wildman–Crippen MR) is 85.1 cm³/mol. The third-order valence-electron chi connectivity index (χ3n) is 4.11. The number of likely N-dealkylation sites (tertiary alicyclic amines) is 1. The molecule has 0 saturated carbocycles. The summed E-state index contributed by atoms with van der Waals surface area (Å²) in [4.78, 5) is 14.8. The smallest absolute Gasteiger partial charge is 0.223 e. The summed E-state index contributed by atoms with van der Waals surface area (Å²) in [6.45, 7) is 9.33. The Kier molecular flexibility index (Phi) is 5.13. The zero-order valence-corrected chi connectivity index (χ0v) is 13.9. The lowest BCUT2D eigenvalue weighted by Gasteiger charge is -2.31. The van der Waals surface area contributed by atoms with Crippen LogP contribution in [0.5, 0.6) is 0 Å². The Labute approximate surface area is 128 Å². The molecule has 0 N–H and O–H groups in total. The highest BCUT2D eigenvalue weighted by atomic mass is 16.3. The van der Waals surface area contributed by atoms with Crippen LogP contribution in [0.1, 0.15) is 77.4 Å². The number of nitrogens with zero attached hydrogens (tertiary/aromatic N) is 1. The summed E-state index contributed by atoms with van der Waals surface area (Å²) >= 11 is 0. The molecule has 1 fully saturated rings. The first-order chi connectivity index (χ1) is 9.90. The van der Waals surface area contributed by atoms with Gasteiger partial charge in [0.15, 0.2) is 0 Å². The normalized spacial score (nSPS) is 20.4. The van der Waals surface area contributed by atoms with Crippen molar-refractivity contribution in [3.8, 4) is 0 Å². The van der Waals surface area contributed by atoms with Gasteiger partial charge in [0.25, 0.3) is 0 Å². The van der Waals surface area contributed by atoms with E-state index in [0.29, 0.717) is 6.42 Å². The first-order valence-corrected chi connectivity index (χ1v) is 8.29. The van der Waals surface area contributed by atoms with Gasteiger partial charge in [0.1, 0.15) is 11.5 Å². The van der Waals surface area contributed by atoms with Crippen molar-refractivity contribution in [3.63, 3.8) is 0 Å². The maximum atomic E-state index is 12.7. The van der Waals surface area contributed by atoms with E-state index in [1.807, 2.05) is 6.07 Å². The van der Waals surface area contributed by atoms with E-state index in [4.69, 9.17) is 4.42 Å². The van der Waals surface area contributed by atoms with Crippen molar-refractivity contribution in [3.05, 3.63) is 23.7 Å². The van der Waals surface area contributed by atoms with Gasteiger partial charge in [0.05, 0.1) is 6.04 Å². The van der Waals surface area contributed by atoms with Crippen LogP contribution in [0.3, 0.4) is 0 Å². The molecule has 0 radical (unpaired) electrons. The maximum absolute atomic E-state index is 12.7. The predicted octanol–water partition coefficient (Wildman–Crippen LogP) is 4.72. The van der Waals surface area contributed by atoms with Crippen molar-refractivity contribution in [2.45, 2.75) is 72.3 Å². The highest BCUT2D eigenvalue weighted by molar-refractivity contribution is 5.77. The number of carbonyl (C=O) groups excluding carboxylic acids is 1. The molecule has 1 amide bonds. The molecule has 0 aliphatic carbocycles. The Morgan fingerprint density at radius 1 is 1.29 bits per heavy atom. The Morgan fingerprint density at radius 3 is 2.67 bits per heavy atom. The van der Waals surface area contributed by atoms with Gasteiger partial charge in [0, 0.05) is 19.4 Å². The minimum absolute atomic E-state index is 0.0334. The molecule has 0 bridgehead atoms. The number of aryl methyl sites for hydroxylation is 1. The summed E-state index contributed by atoms with van der Waals surface area (Å²) in [7, 11) is 0. The highest BCUT2D eigenvalue weighted by Gasteiger charge is 2.30. The van der Waals surface area contributed by atoms with Crippen LogP contribution in [0.4, 0.5) is 0 Å². The number of hydrogen-bond acceptors (Lipinski definition) is 2. The lowest BCUT2D eigenvalue weighted by Crippen LogP contribution is -2.36. The molecule has 0 spiro atoms. The number of rotatable bonds is 3. The molecule has 1 saturated heterocycles. The summed E-state index contributed by atoms with van der Waals surface area (Å²) in [5, 5.41) is 0.